The lowest BCUT2D eigenvalue weighted by molar-refractivity contribution is 0.110. The lowest BCUT2D eigenvalue weighted by atomic mass is 10.2. The van der Waals surface area contributed by atoms with Crippen molar-refractivity contribution in [3.8, 4) is 0 Å². The van der Waals surface area contributed by atoms with Gasteiger partial charge in [0.25, 0.3) is 0 Å². The maximum absolute atomic E-state index is 5.52. The number of nitrogens with one attached hydrogen (secondary N) is 1. The van der Waals surface area contributed by atoms with Crippen LogP contribution in [0.3, 0.4) is 0 Å². The summed E-state index contributed by atoms with van der Waals surface area (Å²) in [6.07, 6.45) is 4.46. The Bertz CT molecular complexity index is 143. The average Bonchev–Trinajstić information content (AvgIpc) is 2.58. The van der Waals surface area contributed by atoms with Gasteiger partial charge in [-0.1, -0.05) is 6.92 Å². The van der Waals surface area contributed by atoms with Crippen LogP contribution in [0.25, 0.3) is 0 Å². The van der Waals surface area contributed by atoms with Gasteiger partial charge in [0.1, 0.15) is 0 Å². The summed E-state index contributed by atoms with van der Waals surface area (Å²) in [5.74, 6) is 1.94. The first-order valence-electron chi connectivity index (χ1n) is 5.18. The fourth-order valence-electron chi connectivity index (χ4n) is 1.92. The van der Waals surface area contributed by atoms with Gasteiger partial charge in [0, 0.05) is 13.2 Å². The third kappa shape index (κ3) is 2.20. The minimum absolute atomic E-state index is 0.513. The summed E-state index contributed by atoms with van der Waals surface area (Å²) in [6, 6.07) is 0. The van der Waals surface area contributed by atoms with Crippen LogP contribution >= 0.6 is 0 Å². The Kier molecular flexibility index (Phi) is 2.66. The molecule has 0 bridgehead atoms. The highest BCUT2D eigenvalue weighted by molar-refractivity contribution is 4.84. The Labute approximate surface area is 74.7 Å². The molecule has 2 nitrogen and oxygen atoms in total. The van der Waals surface area contributed by atoms with Crippen LogP contribution in [-0.4, -0.2) is 25.8 Å². The minimum Gasteiger partial charge on any atom is -0.377 e. The van der Waals surface area contributed by atoms with Crippen molar-refractivity contribution in [2.24, 2.45) is 11.8 Å². The van der Waals surface area contributed by atoms with Crippen LogP contribution in [0, 0.1) is 11.8 Å². The van der Waals surface area contributed by atoms with Crippen LogP contribution in [0.1, 0.15) is 26.2 Å². The molecule has 1 aliphatic carbocycles. The van der Waals surface area contributed by atoms with Crippen molar-refractivity contribution in [1.29, 1.82) is 0 Å². The molecule has 3 unspecified atom stereocenters. The van der Waals surface area contributed by atoms with E-state index in [0.717, 1.165) is 25.0 Å². The second kappa shape index (κ2) is 3.75. The normalized spacial score (nSPS) is 40.2. The molecule has 0 amide bonds. The molecule has 70 valence electrons. The van der Waals surface area contributed by atoms with Crippen molar-refractivity contribution in [3.05, 3.63) is 0 Å². The molecule has 2 fully saturated rings. The first kappa shape index (κ1) is 8.52. The largest absolute Gasteiger partial charge is 0.377 e. The lowest BCUT2D eigenvalue weighted by Gasteiger charge is -2.09. The molecule has 0 aromatic heterocycles. The molecule has 1 saturated carbocycles. The van der Waals surface area contributed by atoms with Crippen LogP contribution < -0.4 is 5.32 Å². The van der Waals surface area contributed by atoms with Crippen molar-refractivity contribution in [2.45, 2.75) is 32.3 Å². The Morgan fingerprint density at radius 1 is 1.42 bits per heavy atom. The molecule has 1 aliphatic heterocycles. The second-order valence-electron chi connectivity index (χ2n) is 4.27. The number of ether oxygens (including phenoxy) is 1. The molecular formula is C10H19NO. The topological polar surface area (TPSA) is 21.3 Å². The molecule has 3 atom stereocenters. The molecular weight excluding hydrogens is 150 g/mol. The standard InChI is InChI=1S/C10H19NO/c1-8-5-9(8)6-11-7-10-3-2-4-12-10/h8-11H,2-7H2,1H3. The SMILES string of the molecule is CC1CC1CNCC1CCCO1. The van der Waals surface area contributed by atoms with Gasteiger partial charge in [0.2, 0.25) is 0 Å². The molecule has 1 saturated heterocycles. The average molecular weight is 169 g/mol. The second-order valence-corrected chi connectivity index (χ2v) is 4.27. The predicted molar refractivity (Wildman–Crippen MR) is 49.1 cm³/mol. The summed E-state index contributed by atoms with van der Waals surface area (Å²) >= 11 is 0. The first-order valence-corrected chi connectivity index (χ1v) is 5.18. The molecule has 0 aromatic carbocycles. The Hall–Kier alpha value is -0.0800. The van der Waals surface area contributed by atoms with Crippen molar-refractivity contribution >= 4 is 0 Å². The van der Waals surface area contributed by atoms with Crippen molar-refractivity contribution in [2.75, 3.05) is 19.7 Å². The van der Waals surface area contributed by atoms with E-state index in [2.05, 4.69) is 12.2 Å². The lowest BCUT2D eigenvalue weighted by Crippen LogP contribution is -2.28. The van der Waals surface area contributed by atoms with Gasteiger partial charge >= 0.3 is 0 Å². The quantitative estimate of drug-likeness (QED) is 0.687. The summed E-state index contributed by atoms with van der Waals surface area (Å²) in [7, 11) is 0. The summed E-state index contributed by atoms with van der Waals surface area (Å²) < 4.78 is 5.52. The van der Waals surface area contributed by atoms with E-state index in [1.807, 2.05) is 0 Å². The van der Waals surface area contributed by atoms with Crippen LogP contribution in [0.5, 0.6) is 0 Å². The van der Waals surface area contributed by atoms with Crippen molar-refractivity contribution in [3.63, 3.8) is 0 Å². The molecule has 1 heterocycles. The zero-order valence-electron chi connectivity index (χ0n) is 7.88. The van der Waals surface area contributed by atoms with E-state index < -0.39 is 0 Å². The fraction of sp³-hybridized carbons (Fsp3) is 1.00. The van der Waals surface area contributed by atoms with E-state index >= 15 is 0 Å². The third-order valence-corrected chi connectivity index (χ3v) is 3.08. The predicted octanol–water partition coefficient (Wildman–Crippen LogP) is 1.41. The highest BCUT2D eigenvalue weighted by Gasteiger charge is 2.31. The molecule has 2 aliphatic rings. The van der Waals surface area contributed by atoms with Gasteiger partial charge in [-0.25, -0.2) is 0 Å². The van der Waals surface area contributed by atoms with E-state index in [1.54, 1.807) is 0 Å². The van der Waals surface area contributed by atoms with Crippen molar-refractivity contribution < 1.29 is 4.74 Å². The van der Waals surface area contributed by atoms with Gasteiger partial charge in [-0.3, -0.25) is 0 Å². The molecule has 2 heteroatoms. The monoisotopic (exact) mass is 169 g/mol. The maximum atomic E-state index is 5.52. The van der Waals surface area contributed by atoms with Gasteiger partial charge in [-0.2, -0.15) is 0 Å². The number of hydrogen-bond acceptors (Lipinski definition) is 2. The maximum Gasteiger partial charge on any atom is 0.0700 e. The van der Waals surface area contributed by atoms with Gasteiger partial charge in [-0.05, 0) is 37.6 Å². The summed E-state index contributed by atoms with van der Waals surface area (Å²) in [4.78, 5) is 0. The smallest absolute Gasteiger partial charge is 0.0700 e. The van der Waals surface area contributed by atoms with E-state index in [4.69, 9.17) is 4.74 Å². The number of rotatable bonds is 4. The summed E-state index contributed by atoms with van der Waals surface area (Å²) in [5, 5.41) is 3.49. The van der Waals surface area contributed by atoms with Crippen LogP contribution in [-0.2, 0) is 4.74 Å². The fourth-order valence-corrected chi connectivity index (χ4v) is 1.92. The van der Waals surface area contributed by atoms with Gasteiger partial charge in [-0.15, -0.1) is 0 Å². The van der Waals surface area contributed by atoms with E-state index in [-0.39, 0.29) is 0 Å². The van der Waals surface area contributed by atoms with Crippen LogP contribution in [0.15, 0.2) is 0 Å². The number of hydrogen-bond donors (Lipinski definition) is 1. The minimum atomic E-state index is 0.513. The zero-order valence-corrected chi connectivity index (χ0v) is 7.88. The molecule has 1 N–H and O–H groups in total. The van der Waals surface area contributed by atoms with Gasteiger partial charge in [0.05, 0.1) is 6.10 Å². The van der Waals surface area contributed by atoms with Gasteiger partial charge < -0.3 is 10.1 Å². The Morgan fingerprint density at radius 3 is 2.83 bits per heavy atom. The molecule has 0 radical (unpaired) electrons. The van der Waals surface area contributed by atoms with Gasteiger partial charge in [0.15, 0.2) is 0 Å². The third-order valence-electron chi connectivity index (χ3n) is 3.08. The zero-order chi connectivity index (χ0) is 8.39. The summed E-state index contributed by atoms with van der Waals surface area (Å²) in [6.45, 7) is 5.59. The molecule has 0 spiro atoms. The Morgan fingerprint density at radius 2 is 2.25 bits per heavy atom. The summed E-state index contributed by atoms with van der Waals surface area (Å²) in [5.41, 5.74) is 0. The van der Waals surface area contributed by atoms with Crippen LogP contribution in [0.2, 0.25) is 0 Å². The first-order chi connectivity index (χ1) is 5.86. The molecule has 12 heavy (non-hydrogen) atoms. The highest BCUT2D eigenvalue weighted by atomic mass is 16.5. The Balaban J connectivity index is 1.51. The van der Waals surface area contributed by atoms with Crippen LogP contribution in [0.4, 0.5) is 0 Å². The van der Waals surface area contributed by atoms with E-state index in [0.29, 0.717) is 6.10 Å². The molecule has 0 aromatic rings. The molecule has 2 rings (SSSR count). The van der Waals surface area contributed by atoms with E-state index in [1.165, 1.54) is 25.8 Å². The van der Waals surface area contributed by atoms with E-state index in [9.17, 15) is 0 Å². The highest BCUT2D eigenvalue weighted by Crippen LogP contribution is 2.36. The van der Waals surface area contributed by atoms with Crippen molar-refractivity contribution in [1.82, 2.24) is 5.32 Å².